The van der Waals surface area contributed by atoms with Crippen molar-refractivity contribution in [3.05, 3.63) is 114 Å². The van der Waals surface area contributed by atoms with Crippen LogP contribution in [0, 0.1) is 6.92 Å². The van der Waals surface area contributed by atoms with E-state index in [9.17, 15) is 9.59 Å². The Hall–Kier alpha value is -4.14. The van der Waals surface area contributed by atoms with Gasteiger partial charge in [0.05, 0.1) is 17.3 Å². The number of hydrogen-bond acceptors (Lipinski definition) is 6. The molecule has 190 valence electrons. The second kappa shape index (κ2) is 11.5. The summed E-state index contributed by atoms with van der Waals surface area (Å²) in [6.45, 7) is 2.03. The fourth-order valence-electron chi connectivity index (χ4n) is 3.91. The number of amides is 2. The van der Waals surface area contributed by atoms with Crippen molar-refractivity contribution in [2.45, 2.75) is 17.1 Å². The van der Waals surface area contributed by atoms with Crippen molar-refractivity contribution in [1.82, 2.24) is 4.98 Å². The fraction of sp³-hybridized carbons (Fsp3) is 0.100. The molecule has 0 bridgehead atoms. The molecule has 0 spiro atoms. The molecular weight excluding hydrogens is 514 g/mol. The quantitative estimate of drug-likeness (QED) is 0.202. The summed E-state index contributed by atoms with van der Waals surface area (Å²) in [7, 11) is 1.56. The molecule has 6 nitrogen and oxygen atoms in total. The van der Waals surface area contributed by atoms with Crippen LogP contribution >= 0.6 is 23.1 Å². The summed E-state index contributed by atoms with van der Waals surface area (Å²) in [5.74, 6) is 0.208. The number of anilines is 2. The topological polar surface area (TPSA) is 80.3 Å². The van der Waals surface area contributed by atoms with Crippen molar-refractivity contribution in [2.75, 3.05) is 17.7 Å². The molecule has 1 heterocycles. The van der Waals surface area contributed by atoms with Gasteiger partial charge in [0.1, 0.15) is 11.0 Å². The minimum atomic E-state index is -0.519. The zero-order valence-electron chi connectivity index (χ0n) is 20.8. The second-order valence-corrected chi connectivity index (χ2v) is 10.8. The highest BCUT2D eigenvalue weighted by Gasteiger charge is 2.23. The zero-order valence-corrected chi connectivity index (χ0v) is 22.4. The Kier molecular flexibility index (Phi) is 7.72. The molecule has 2 amide bonds. The maximum Gasteiger partial charge on any atom is 0.255 e. The van der Waals surface area contributed by atoms with Crippen molar-refractivity contribution in [3.8, 4) is 5.75 Å². The third kappa shape index (κ3) is 6.04. The number of rotatable bonds is 8. The van der Waals surface area contributed by atoms with Crippen molar-refractivity contribution in [1.29, 1.82) is 0 Å². The van der Waals surface area contributed by atoms with Gasteiger partial charge in [-0.1, -0.05) is 59.9 Å². The third-order valence-electron chi connectivity index (χ3n) is 5.79. The molecule has 0 aliphatic carbocycles. The molecule has 8 heteroatoms. The van der Waals surface area contributed by atoms with Crippen molar-refractivity contribution >= 4 is 55.9 Å². The van der Waals surface area contributed by atoms with Crippen LogP contribution in [0.15, 0.2) is 102 Å². The minimum absolute atomic E-state index is 0.164. The number of aryl methyl sites for hydroxylation is 1. The van der Waals surface area contributed by atoms with Gasteiger partial charge in [0.2, 0.25) is 5.91 Å². The predicted molar refractivity (Wildman–Crippen MR) is 155 cm³/mol. The molecule has 2 N–H and O–H groups in total. The number of thioether (sulfide) groups is 1. The Morgan fingerprint density at radius 1 is 0.895 bits per heavy atom. The van der Waals surface area contributed by atoms with Crippen LogP contribution < -0.4 is 15.4 Å². The lowest BCUT2D eigenvalue weighted by Gasteiger charge is -2.17. The lowest BCUT2D eigenvalue weighted by Crippen LogP contribution is -2.19. The number of aromatic nitrogens is 1. The Bertz CT molecular complexity index is 1600. The minimum Gasteiger partial charge on any atom is -0.497 e. The van der Waals surface area contributed by atoms with E-state index in [4.69, 9.17) is 4.74 Å². The maximum absolute atomic E-state index is 13.5. The normalized spacial score (nSPS) is 11.6. The number of carbonyl (C=O) groups is 2. The Morgan fingerprint density at radius 3 is 2.53 bits per heavy atom. The van der Waals surface area contributed by atoms with Crippen LogP contribution in [0.4, 0.5) is 10.8 Å². The van der Waals surface area contributed by atoms with Gasteiger partial charge >= 0.3 is 0 Å². The highest BCUT2D eigenvalue weighted by molar-refractivity contribution is 8.00. The van der Waals surface area contributed by atoms with Gasteiger partial charge in [0.25, 0.3) is 5.91 Å². The Morgan fingerprint density at radius 2 is 1.71 bits per heavy atom. The van der Waals surface area contributed by atoms with Crippen molar-refractivity contribution in [2.24, 2.45) is 0 Å². The van der Waals surface area contributed by atoms with E-state index >= 15 is 0 Å². The molecule has 1 atom stereocenters. The number of methoxy groups -OCH3 is 1. The number of nitrogens with zero attached hydrogens (tertiary/aromatic N) is 1. The molecule has 0 saturated heterocycles. The number of benzene rings is 4. The summed E-state index contributed by atoms with van der Waals surface area (Å²) in [6.07, 6.45) is 0. The number of ether oxygens (including phenoxy) is 1. The van der Waals surface area contributed by atoms with Crippen LogP contribution in [0.1, 0.15) is 26.7 Å². The average Bonchev–Trinajstić information content (AvgIpc) is 3.33. The van der Waals surface area contributed by atoms with Crippen LogP contribution in [0.25, 0.3) is 10.2 Å². The van der Waals surface area contributed by atoms with E-state index in [1.807, 2.05) is 73.7 Å². The average molecular weight is 540 g/mol. The molecule has 0 radical (unpaired) electrons. The van der Waals surface area contributed by atoms with E-state index in [0.29, 0.717) is 22.1 Å². The van der Waals surface area contributed by atoms with Gasteiger partial charge in [-0.2, -0.15) is 0 Å². The fourth-order valence-corrected chi connectivity index (χ4v) is 5.96. The first kappa shape index (κ1) is 25.5. The van der Waals surface area contributed by atoms with Crippen LogP contribution in [0.2, 0.25) is 0 Å². The van der Waals surface area contributed by atoms with Crippen molar-refractivity contribution in [3.63, 3.8) is 0 Å². The Labute approximate surface area is 229 Å². The van der Waals surface area contributed by atoms with E-state index in [2.05, 4.69) is 21.7 Å². The highest BCUT2D eigenvalue weighted by atomic mass is 32.2. The number of carbonyl (C=O) groups excluding carboxylic acids is 2. The van der Waals surface area contributed by atoms with E-state index in [1.165, 1.54) is 23.1 Å². The molecule has 1 unspecified atom stereocenters. The molecule has 4 aromatic carbocycles. The van der Waals surface area contributed by atoms with Gasteiger partial charge < -0.3 is 15.4 Å². The van der Waals surface area contributed by atoms with E-state index in [1.54, 1.807) is 31.4 Å². The lowest BCUT2D eigenvalue weighted by atomic mass is 10.1. The number of nitrogens with one attached hydrogen (secondary N) is 2. The number of hydrogen-bond donors (Lipinski definition) is 2. The van der Waals surface area contributed by atoms with Crippen LogP contribution in [0.5, 0.6) is 5.75 Å². The number of thiazole rings is 1. The molecule has 5 rings (SSSR count). The van der Waals surface area contributed by atoms with E-state index in [-0.39, 0.29) is 11.8 Å². The summed E-state index contributed by atoms with van der Waals surface area (Å²) < 4.78 is 6.25. The first-order valence-corrected chi connectivity index (χ1v) is 13.6. The van der Waals surface area contributed by atoms with Crippen LogP contribution in [0.3, 0.4) is 0 Å². The smallest absolute Gasteiger partial charge is 0.255 e. The van der Waals surface area contributed by atoms with Gasteiger partial charge in [-0.25, -0.2) is 4.98 Å². The molecule has 38 heavy (non-hydrogen) atoms. The second-order valence-electron chi connectivity index (χ2n) is 8.60. The van der Waals surface area contributed by atoms with E-state index in [0.717, 1.165) is 26.2 Å². The van der Waals surface area contributed by atoms with Crippen molar-refractivity contribution < 1.29 is 14.3 Å². The molecular formula is C30H25N3O3S2. The van der Waals surface area contributed by atoms with E-state index < -0.39 is 5.25 Å². The largest absolute Gasteiger partial charge is 0.497 e. The third-order valence-corrected chi connectivity index (χ3v) is 7.97. The van der Waals surface area contributed by atoms with Crippen LogP contribution in [-0.4, -0.2) is 23.9 Å². The van der Waals surface area contributed by atoms with Crippen LogP contribution in [-0.2, 0) is 4.79 Å². The summed E-state index contributed by atoms with van der Waals surface area (Å²) >= 11 is 2.87. The maximum atomic E-state index is 13.5. The number of fused-ring (bicyclic) bond motifs is 1. The molecule has 5 aromatic rings. The van der Waals surface area contributed by atoms with Gasteiger partial charge in [0.15, 0.2) is 5.13 Å². The molecule has 1 aromatic heterocycles. The first-order valence-electron chi connectivity index (χ1n) is 11.9. The SMILES string of the molecule is COc1cccc(C(=O)Nc2cccc(SC(C(=O)Nc3nc4ccc(C)cc4s3)c3ccccc3)c2)c1. The van der Waals surface area contributed by atoms with Gasteiger partial charge in [0, 0.05) is 16.1 Å². The standard InChI is InChI=1S/C30H25N3O3S2/c1-19-14-15-25-26(16-19)38-30(32-25)33-29(35)27(20-8-4-3-5-9-20)37-24-13-7-11-22(18-24)31-28(34)21-10-6-12-23(17-21)36-2/h3-18,27H,1-2H3,(H,31,34)(H,32,33,35). The Balaban J connectivity index is 1.36. The predicted octanol–water partition coefficient (Wildman–Crippen LogP) is 7.34. The molecule has 0 aliphatic rings. The summed E-state index contributed by atoms with van der Waals surface area (Å²) in [4.78, 5) is 31.8. The monoisotopic (exact) mass is 539 g/mol. The molecule has 0 aliphatic heterocycles. The molecule has 0 saturated carbocycles. The summed E-state index contributed by atoms with van der Waals surface area (Å²) in [5.41, 5.74) is 4.01. The highest BCUT2D eigenvalue weighted by Crippen LogP contribution is 2.38. The summed E-state index contributed by atoms with van der Waals surface area (Å²) in [6, 6.07) is 30.1. The first-order chi connectivity index (χ1) is 18.5. The molecule has 0 fully saturated rings. The van der Waals surface area contributed by atoms with Gasteiger partial charge in [-0.15, -0.1) is 11.8 Å². The zero-order chi connectivity index (χ0) is 26.5. The van der Waals surface area contributed by atoms with Gasteiger partial charge in [-0.3, -0.25) is 9.59 Å². The van der Waals surface area contributed by atoms with Gasteiger partial charge in [-0.05, 0) is 66.6 Å². The summed E-state index contributed by atoms with van der Waals surface area (Å²) in [5, 5.41) is 6.00. The lowest BCUT2D eigenvalue weighted by molar-refractivity contribution is -0.115.